The van der Waals surface area contributed by atoms with Gasteiger partial charge in [0.15, 0.2) is 0 Å². The van der Waals surface area contributed by atoms with Crippen LogP contribution >= 0.6 is 0 Å². The van der Waals surface area contributed by atoms with Gasteiger partial charge in [0, 0.05) is 19.6 Å². The molecule has 0 aromatic heterocycles. The largest absolute Gasteiger partial charge is 0.380 e. The third kappa shape index (κ3) is 9.53. The number of ether oxygens (including phenoxy) is 2. The average molecular weight is 199 g/mol. The average Bonchev–Trinajstić information content (AvgIpc) is 2.20. The van der Waals surface area contributed by atoms with Gasteiger partial charge in [-0.3, -0.25) is 0 Å². The summed E-state index contributed by atoms with van der Waals surface area (Å²) in [6.45, 7) is 6.38. The zero-order valence-electron chi connectivity index (χ0n) is 9.21. The molecule has 3 heteroatoms. The van der Waals surface area contributed by atoms with E-state index in [0.717, 1.165) is 19.4 Å². The summed E-state index contributed by atoms with van der Waals surface area (Å²) < 4.78 is 10.5. The Hall–Kier alpha value is -0.560. The third-order valence-electron chi connectivity index (χ3n) is 1.64. The summed E-state index contributed by atoms with van der Waals surface area (Å²) >= 11 is 0. The SMILES string of the molecule is CC#CCCCOCC(N)COCC. The van der Waals surface area contributed by atoms with Gasteiger partial charge >= 0.3 is 0 Å². The first-order chi connectivity index (χ1) is 6.81. The minimum absolute atomic E-state index is 0.00721. The van der Waals surface area contributed by atoms with Gasteiger partial charge < -0.3 is 15.2 Å². The highest BCUT2D eigenvalue weighted by molar-refractivity contribution is 4.94. The van der Waals surface area contributed by atoms with Crippen LogP contribution in [0.4, 0.5) is 0 Å². The summed E-state index contributed by atoms with van der Waals surface area (Å²) in [5, 5.41) is 0. The van der Waals surface area contributed by atoms with Gasteiger partial charge in [-0.25, -0.2) is 0 Å². The van der Waals surface area contributed by atoms with Crippen LogP contribution in [0.2, 0.25) is 0 Å². The van der Waals surface area contributed by atoms with E-state index < -0.39 is 0 Å². The quantitative estimate of drug-likeness (QED) is 0.471. The maximum Gasteiger partial charge on any atom is 0.0640 e. The van der Waals surface area contributed by atoms with Gasteiger partial charge in [-0.15, -0.1) is 11.8 Å². The molecule has 0 saturated heterocycles. The van der Waals surface area contributed by atoms with Gasteiger partial charge in [-0.05, 0) is 20.3 Å². The molecule has 0 bridgehead atoms. The van der Waals surface area contributed by atoms with Crippen molar-refractivity contribution in [1.82, 2.24) is 0 Å². The second-order valence-electron chi connectivity index (χ2n) is 3.02. The Bertz CT molecular complexity index is 172. The van der Waals surface area contributed by atoms with E-state index in [0.29, 0.717) is 19.8 Å². The van der Waals surface area contributed by atoms with Crippen molar-refractivity contribution in [1.29, 1.82) is 0 Å². The van der Waals surface area contributed by atoms with E-state index in [1.807, 2.05) is 13.8 Å². The lowest BCUT2D eigenvalue weighted by atomic mass is 10.3. The van der Waals surface area contributed by atoms with Crippen molar-refractivity contribution in [2.24, 2.45) is 5.73 Å². The van der Waals surface area contributed by atoms with Crippen molar-refractivity contribution in [2.45, 2.75) is 32.7 Å². The highest BCUT2D eigenvalue weighted by Gasteiger charge is 2.01. The van der Waals surface area contributed by atoms with E-state index in [2.05, 4.69) is 11.8 Å². The third-order valence-corrected chi connectivity index (χ3v) is 1.64. The summed E-state index contributed by atoms with van der Waals surface area (Å²) in [5.74, 6) is 5.83. The summed E-state index contributed by atoms with van der Waals surface area (Å²) in [6.07, 6.45) is 1.87. The molecule has 82 valence electrons. The van der Waals surface area contributed by atoms with Crippen molar-refractivity contribution >= 4 is 0 Å². The molecule has 0 fully saturated rings. The van der Waals surface area contributed by atoms with Gasteiger partial charge in [0.2, 0.25) is 0 Å². The molecule has 0 amide bonds. The number of rotatable bonds is 8. The molecule has 0 heterocycles. The fourth-order valence-electron chi connectivity index (χ4n) is 0.940. The van der Waals surface area contributed by atoms with Crippen LogP contribution in [-0.2, 0) is 9.47 Å². The van der Waals surface area contributed by atoms with Gasteiger partial charge in [0.05, 0.1) is 19.3 Å². The predicted molar refractivity (Wildman–Crippen MR) is 58.0 cm³/mol. The Kier molecular flexibility index (Phi) is 10.1. The summed E-state index contributed by atoms with van der Waals surface area (Å²) in [5.41, 5.74) is 5.72. The standard InChI is InChI=1S/C11H21NO2/c1-3-5-6-7-8-14-10-11(12)9-13-4-2/h11H,4,6-10,12H2,1-2H3. The molecule has 0 aromatic rings. The van der Waals surface area contributed by atoms with Crippen molar-refractivity contribution in [3.63, 3.8) is 0 Å². The first-order valence-electron chi connectivity index (χ1n) is 5.12. The van der Waals surface area contributed by atoms with E-state index in [1.54, 1.807) is 0 Å². The van der Waals surface area contributed by atoms with Crippen molar-refractivity contribution < 1.29 is 9.47 Å². The highest BCUT2D eigenvalue weighted by Crippen LogP contribution is 1.90. The number of unbranched alkanes of at least 4 members (excludes halogenated alkanes) is 1. The summed E-state index contributed by atoms with van der Waals surface area (Å²) in [7, 11) is 0. The summed E-state index contributed by atoms with van der Waals surface area (Å²) in [4.78, 5) is 0. The lowest BCUT2D eigenvalue weighted by Crippen LogP contribution is -2.31. The Morgan fingerprint density at radius 2 is 2.00 bits per heavy atom. The van der Waals surface area contributed by atoms with Crippen LogP contribution in [-0.4, -0.2) is 32.5 Å². The second-order valence-corrected chi connectivity index (χ2v) is 3.02. The smallest absolute Gasteiger partial charge is 0.0640 e. The predicted octanol–water partition coefficient (Wildman–Crippen LogP) is 1.17. The molecule has 0 aliphatic heterocycles. The highest BCUT2D eigenvalue weighted by atomic mass is 16.5. The molecular weight excluding hydrogens is 178 g/mol. The van der Waals surface area contributed by atoms with Crippen LogP contribution < -0.4 is 5.73 Å². The summed E-state index contributed by atoms with van der Waals surface area (Å²) in [6, 6.07) is -0.00721. The molecule has 0 aliphatic carbocycles. The number of nitrogens with two attached hydrogens (primary N) is 1. The second kappa shape index (κ2) is 10.5. The molecule has 2 N–H and O–H groups in total. The van der Waals surface area contributed by atoms with Crippen LogP contribution in [0.3, 0.4) is 0 Å². The molecule has 0 aromatic carbocycles. The maximum atomic E-state index is 5.72. The number of hydrogen-bond acceptors (Lipinski definition) is 3. The van der Waals surface area contributed by atoms with E-state index in [-0.39, 0.29) is 6.04 Å². The Morgan fingerprint density at radius 3 is 2.64 bits per heavy atom. The zero-order chi connectivity index (χ0) is 10.6. The molecule has 1 unspecified atom stereocenters. The molecular formula is C11H21NO2. The van der Waals surface area contributed by atoms with E-state index >= 15 is 0 Å². The van der Waals surface area contributed by atoms with E-state index in [4.69, 9.17) is 15.2 Å². The normalized spacial score (nSPS) is 11.9. The monoisotopic (exact) mass is 199 g/mol. The van der Waals surface area contributed by atoms with Gasteiger partial charge in [-0.1, -0.05) is 0 Å². The van der Waals surface area contributed by atoms with Crippen LogP contribution in [0.25, 0.3) is 0 Å². The minimum Gasteiger partial charge on any atom is -0.380 e. The van der Waals surface area contributed by atoms with E-state index in [9.17, 15) is 0 Å². The van der Waals surface area contributed by atoms with Crippen LogP contribution in [0.15, 0.2) is 0 Å². The fraction of sp³-hybridized carbons (Fsp3) is 0.818. The molecule has 1 atom stereocenters. The van der Waals surface area contributed by atoms with Crippen molar-refractivity contribution in [2.75, 3.05) is 26.4 Å². The van der Waals surface area contributed by atoms with Gasteiger partial charge in [-0.2, -0.15) is 0 Å². The topological polar surface area (TPSA) is 44.5 Å². The number of hydrogen-bond donors (Lipinski definition) is 1. The Morgan fingerprint density at radius 1 is 1.29 bits per heavy atom. The van der Waals surface area contributed by atoms with Gasteiger partial charge in [0.1, 0.15) is 0 Å². The first kappa shape index (κ1) is 13.4. The molecule has 0 spiro atoms. The first-order valence-corrected chi connectivity index (χ1v) is 5.12. The van der Waals surface area contributed by atoms with Crippen molar-refractivity contribution in [3.8, 4) is 11.8 Å². The van der Waals surface area contributed by atoms with Crippen LogP contribution in [0.1, 0.15) is 26.7 Å². The zero-order valence-corrected chi connectivity index (χ0v) is 9.21. The maximum absolute atomic E-state index is 5.72. The van der Waals surface area contributed by atoms with Gasteiger partial charge in [0.25, 0.3) is 0 Å². The minimum atomic E-state index is -0.00721. The molecule has 14 heavy (non-hydrogen) atoms. The lowest BCUT2D eigenvalue weighted by Gasteiger charge is -2.11. The van der Waals surface area contributed by atoms with Crippen molar-refractivity contribution in [3.05, 3.63) is 0 Å². The van der Waals surface area contributed by atoms with Crippen LogP contribution in [0.5, 0.6) is 0 Å². The fourth-order valence-corrected chi connectivity index (χ4v) is 0.940. The lowest BCUT2D eigenvalue weighted by molar-refractivity contribution is 0.0717. The van der Waals surface area contributed by atoms with Crippen LogP contribution in [0, 0.1) is 11.8 Å². The Balaban J connectivity index is 3.13. The molecule has 0 rings (SSSR count). The van der Waals surface area contributed by atoms with E-state index in [1.165, 1.54) is 0 Å². The molecule has 3 nitrogen and oxygen atoms in total. The Labute approximate surface area is 87.0 Å². The molecule has 0 saturated carbocycles. The molecule has 0 aliphatic rings. The molecule has 0 radical (unpaired) electrons.